The molecule has 0 saturated heterocycles. The van der Waals surface area contributed by atoms with Crippen molar-refractivity contribution in [3.63, 3.8) is 0 Å². The zero-order chi connectivity index (χ0) is 23.5. The number of nitrogens with one attached hydrogen (secondary N) is 2. The van der Waals surface area contributed by atoms with Gasteiger partial charge < -0.3 is 20.3 Å². The normalized spacial score (nSPS) is 14.0. The molecule has 172 valence electrons. The molecule has 5 rings (SSSR count). The van der Waals surface area contributed by atoms with E-state index in [2.05, 4.69) is 22.8 Å². The first kappa shape index (κ1) is 21.7. The first-order valence-corrected chi connectivity index (χ1v) is 11.4. The number of anilines is 2. The third-order valence-corrected chi connectivity index (χ3v) is 6.10. The highest BCUT2D eigenvalue weighted by Gasteiger charge is 2.26. The summed E-state index contributed by atoms with van der Waals surface area (Å²) in [5.41, 5.74) is 5.73. The van der Waals surface area contributed by atoms with Gasteiger partial charge in [0.1, 0.15) is 12.3 Å². The second-order valence-electron chi connectivity index (χ2n) is 8.44. The molecule has 3 aromatic rings. The fourth-order valence-electron chi connectivity index (χ4n) is 4.28. The molecule has 0 spiro atoms. The molecular weight excluding hydrogens is 430 g/mol. The van der Waals surface area contributed by atoms with E-state index in [0.717, 1.165) is 35.5 Å². The Labute approximate surface area is 197 Å². The van der Waals surface area contributed by atoms with Gasteiger partial charge in [-0.15, -0.1) is 0 Å². The van der Waals surface area contributed by atoms with Gasteiger partial charge in [0, 0.05) is 25.8 Å². The van der Waals surface area contributed by atoms with Crippen LogP contribution in [0.4, 0.5) is 11.4 Å². The number of hydrogen-bond acceptors (Lipinski definition) is 4. The number of ether oxygens (including phenoxy) is 1. The maximum absolute atomic E-state index is 12.7. The van der Waals surface area contributed by atoms with E-state index in [1.807, 2.05) is 36.4 Å². The van der Waals surface area contributed by atoms with Crippen LogP contribution in [0.1, 0.15) is 24.0 Å². The van der Waals surface area contributed by atoms with Crippen LogP contribution in [-0.4, -0.2) is 30.9 Å². The van der Waals surface area contributed by atoms with Crippen LogP contribution >= 0.6 is 0 Å². The molecule has 7 heteroatoms. The molecule has 3 aromatic carbocycles. The van der Waals surface area contributed by atoms with Gasteiger partial charge in [-0.2, -0.15) is 0 Å². The predicted octanol–water partition coefficient (Wildman–Crippen LogP) is 3.67. The number of hydrogen-bond donors (Lipinski definition) is 2. The second-order valence-corrected chi connectivity index (χ2v) is 8.44. The lowest BCUT2D eigenvalue weighted by Gasteiger charge is -2.29. The molecule has 0 aliphatic carbocycles. The molecule has 0 radical (unpaired) electrons. The highest BCUT2D eigenvalue weighted by Crippen LogP contribution is 2.31. The lowest BCUT2D eigenvalue weighted by Crippen LogP contribution is -2.42. The molecule has 0 saturated carbocycles. The van der Waals surface area contributed by atoms with Crippen molar-refractivity contribution >= 4 is 29.1 Å². The molecule has 3 amide bonds. The summed E-state index contributed by atoms with van der Waals surface area (Å²) in [5.74, 6) is 0.273. The number of carbonyl (C=O) groups is 3. The maximum Gasteiger partial charge on any atom is 0.244 e. The standard InChI is InChI=1S/C27H25N3O4/c31-25(11-12-27(33)30-17-26(32)29-22-3-1-2-4-23(22)30)28-16-18-5-7-19(8-6-18)20-9-10-24-21(15-20)13-14-34-24/h1-10,15H,11-14,16-17H2,(H,28,31)(H,29,32). The largest absolute Gasteiger partial charge is 0.493 e. The van der Waals surface area contributed by atoms with Crippen molar-refractivity contribution in [3.8, 4) is 16.9 Å². The van der Waals surface area contributed by atoms with Gasteiger partial charge in [0.15, 0.2) is 0 Å². The Morgan fingerprint density at radius 2 is 1.76 bits per heavy atom. The Morgan fingerprint density at radius 3 is 2.62 bits per heavy atom. The van der Waals surface area contributed by atoms with Crippen molar-refractivity contribution < 1.29 is 19.1 Å². The summed E-state index contributed by atoms with van der Waals surface area (Å²) >= 11 is 0. The van der Waals surface area contributed by atoms with Crippen LogP contribution in [0.3, 0.4) is 0 Å². The molecule has 0 unspecified atom stereocenters. The van der Waals surface area contributed by atoms with Gasteiger partial charge in [-0.3, -0.25) is 14.4 Å². The molecule has 2 heterocycles. The third-order valence-electron chi connectivity index (χ3n) is 6.10. The van der Waals surface area contributed by atoms with E-state index in [-0.39, 0.29) is 37.1 Å². The smallest absolute Gasteiger partial charge is 0.244 e. The van der Waals surface area contributed by atoms with E-state index < -0.39 is 0 Å². The molecular formula is C27H25N3O4. The SMILES string of the molecule is O=C(CCC(=O)N1CC(=O)Nc2ccccc21)NCc1ccc(-c2ccc3c(c2)CCO3)cc1. The maximum atomic E-state index is 12.7. The van der Waals surface area contributed by atoms with Gasteiger partial charge in [0.25, 0.3) is 0 Å². The molecule has 0 atom stereocenters. The van der Waals surface area contributed by atoms with E-state index in [1.165, 1.54) is 10.5 Å². The Bertz CT molecular complexity index is 1250. The summed E-state index contributed by atoms with van der Waals surface area (Å²) in [7, 11) is 0. The fourth-order valence-corrected chi connectivity index (χ4v) is 4.28. The summed E-state index contributed by atoms with van der Waals surface area (Å²) in [5, 5.41) is 5.63. The van der Waals surface area contributed by atoms with Crippen molar-refractivity contribution in [1.82, 2.24) is 5.32 Å². The molecule has 2 N–H and O–H groups in total. The van der Waals surface area contributed by atoms with Crippen molar-refractivity contribution in [3.05, 3.63) is 77.9 Å². The summed E-state index contributed by atoms with van der Waals surface area (Å²) in [6.45, 7) is 1.09. The van der Waals surface area contributed by atoms with Gasteiger partial charge in [-0.05, 0) is 46.5 Å². The third kappa shape index (κ3) is 4.64. The van der Waals surface area contributed by atoms with Crippen LogP contribution < -0.4 is 20.3 Å². The number of benzene rings is 3. The average molecular weight is 456 g/mol. The number of amides is 3. The molecule has 0 bridgehead atoms. The second kappa shape index (κ2) is 9.39. The van der Waals surface area contributed by atoms with Gasteiger partial charge >= 0.3 is 0 Å². The predicted molar refractivity (Wildman–Crippen MR) is 130 cm³/mol. The summed E-state index contributed by atoms with van der Waals surface area (Å²) in [6, 6.07) is 21.5. The van der Waals surface area contributed by atoms with Gasteiger partial charge in [-0.25, -0.2) is 0 Å². The number of nitrogens with zero attached hydrogens (tertiary/aromatic N) is 1. The number of fused-ring (bicyclic) bond motifs is 2. The Balaban J connectivity index is 1.13. The first-order valence-electron chi connectivity index (χ1n) is 11.4. The van der Waals surface area contributed by atoms with Crippen LogP contribution in [0, 0.1) is 0 Å². The molecule has 0 aromatic heterocycles. The highest BCUT2D eigenvalue weighted by molar-refractivity contribution is 6.10. The monoisotopic (exact) mass is 455 g/mol. The van der Waals surface area contributed by atoms with Crippen molar-refractivity contribution in [2.24, 2.45) is 0 Å². The summed E-state index contributed by atoms with van der Waals surface area (Å²) in [4.78, 5) is 38.4. The van der Waals surface area contributed by atoms with Crippen LogP contribution in [-0.2, 0) is 27.3 Å². The molecule has 0 fully saturated rings. The number of rotatable bonds is 6. The van der Waals surface area contributed by atoms with E-state index in [9.17, 15) is 14.4 Å². The van der Waals surface area contributed by atoms with Crippen molar-refractivity contribution in [1.29, 1.82) is 0 Å². The fraction of sp³-hybridized carbons (Fsp3) is 0.222. The Kier molecular flexibility index (Phi) is 5.99. The van der Waals surface area contributed by atoms with E-state index in [0.29, 0.717) is 17.9 Å². The minimum atomic E-state index is -0.249. The van der Waals surface area contributed by atoms with E-state index in [4.69, 9.17) is 4.74 Å². The Hall–Kier alpha value is -4.13. The van der Waals surface area contributed by atoms with Crippen LogP contribution in [0.25, 0.3) is 11.1 Å². The lowest BCUT2D eigenvalue weighted by molar-refractivity contribution is -0.125. The Morgan fingerprint density at radius 1 is 0.971 bits per heavy atom. The number of para-hydroxylation sites is 2. The van der Waals surface area contributed by atoms with Crippen molar-refractivity contribution in [2.45, 2.75) is 25.8 Å². The quantitative estimate of drug-likeness (QED) is 0.594. The zero-order valence-corrected chi connectivity index (χ0v) is 18.7. The first-order chi connectivity index (χ1) is 16.6. The van der Waals surface area contributed by atoms with Crippen molar-refractivity contribution in [2.75, 3.05) is 23.4 Å². The highest BCUT2D eigenvalue weighted by atomic mass is 16.5. The number of carbonyl (C=O) groups excluding carboxylic acids is 3. The summed E-state index contributed by atoms with van der Waals surface area (Å²) in [6.07, 6.45) is 1.04. The molecule has 2 aliphatic rings. The van der Waals surface area contributed by atoms with Gasteiger partial charge in [-0.1, -0.05) is 42.5 Å². The molecule has 2 aliphatic heterocycles. The van der Waals surface area contributed by atoms with Crippen LogP contribution in [0.2, 0.25) is 0 Å². The van der Waals surface area contributed by atoms with Crippen LogP contribution in [0.5, 0.6) is 5.75 Å². The lowest BCUT2D eigenvalue weighted by atomic mass is 10.0. The topological polar surface area (TPSA) is 87.7 Å². The van der Waals surface area contributed by atoms with E-state index >= 15 is 0 Å². The zero-order valence-electron chi connectivity index (χ0n) is 18.7. The van der Waals surface area contributed by atoms with Gasteiger partial charge in [0.2, 0.25) is 17.7 Å². The van der Waals surface area contributed by atoms with Gasteiger partial charge in [0.05, 0.1) is 18.0 Å². The van der Waals surface area contributed by atoms with Crippen LogP contribution in [0.15, 0.2) is 66.7 Å². The molecule has 7 nitrogen and oxygen atoms in total. The molecule has 34 heavy (non-hydrogen) atoms. The average Bonchev–Trinajstić information content (AvgIpc) is 3.34. The minimum Gasteiger partial charge on any atom is -0.493 e. The summed E-state index contributed by atoms with van der Waals surface area (Å²) < 4.78 is 5.57. The van der Waals surface area contributed by atoms with E-state index in [1.54, 1.807) is 18.2 Å². The minimum absolute atomic E-state index is 0.0361.